The minimum Gasteiger partial charge on any atom is -0.345 e. The van der Waals surface area contributed by atoms with Crippen LogP contribution in [0, 0.1) is 0 Å². The Morgan fingerprint density at radius 1 is 1.29 bits per heavy atom. The highest BCUT2D eigenvalue weighted by Gasteiger charge is 2.20. The van der Waals surface area contributed by atoms with Crippen molar-refractivity contribution in [3.05, 3.63) is 12.7 Å². The maximum atomic E-state index is 11.2. The summed E-state index contributed by atoms with van der Waals surface area (Å²) in [6.45, 7) is 3.78. The van der Waals surface area contributed by atoms with E-state index < -0.39 is 11.8 Å². The van der Waals surface area contributed by atoms with Gasteiger partial charge < -0.3 is 10.6 Å². The SMILES string of the molecule is C=CCNC(=O)C(=O)NC1CCCC1. The van der Waals surface area contributed by atoms with Crippen molar-refractivity contribution >= 4 is 11.8 Å². The van der Waals surface area contributed by atoms with Gasteiger partial charge in [-0.3, -0.25) is 9.59 Å². The van der Waals surface area contributed by atoms with Crippen LogP contribution in [0.15, 0.2) is 12.7 Å². The van der Waals surface area contributed by atoms with Crippen LogP contribution in [0.1, 0.15) is 25.7 Å². The van der Waals surface area contributed by atoms with Gasteiger partial charge in [-0.05, 0) is 12.8 Å². The molecule has 1 fully saturated rings. The Hall–Kier alpha value is -1.32. The third kappa shape index (κ3) is 3.20. The quantitative estimate of drug-likeness (QED) is 0.505. The standard InChI is InChI=1S/C10H16N2O2/c1-2-7-11-9(13)10(14)12-8-5-3-4-6-8/h2,8H,1,3-7H2,(H,11,13)(H,12,14). The van der Waals surface area contributed by atoms with Crippen molar-refractivity contribution < 1.29 is 9.59 Å². The third-order valence-corrected chi connectivity index (χ3v) is 2.30. The second kappa shape index (κ2) is 5.42. The molecule has 0 atom stereocenters. The minimum absolute atomic E-state index is 0.192. The normalized spacial score (nSPS) is 16.3. The fourth-order valence-corrected chi connectivity index (χ4v) is 1.57. The van der Waals surface area contributed by atoms with E-state index in [-0.39, 0.29) is 6.04 Å². The molecule has 2 amide bonds. The first-order chi connectivity index (χ1) is 6.74. The number of rotatable bonds is 3. The molecule has 0 saturated heterocycles. The lowest BCUT2D eigenvalue weighted by Crippen LogP contribution is -2.43. The number of nitrogens with one attached hydrogen (secondary N) is 2. The molecule has 0 aromatic heterocycles. The Labute approximate surface area is 83.8 Å². The molecule has 0 radical (unpaired) electrons. The molecule has 0 unspecified atom stereocenters. The zero-order valence-electron chi connectivity index (χ0n) is 8.21. The van der Waals surface area contributed by atoms with Crippen molar-refractivity contribution in [1.29, 1.82) is 0 Å². The summed E-state index contributed by atoms with van der Waals surface area (Å²) in [7, 11) is 0. The molecule has 14 heavy (non-hydrogen) atoms. The third-order valence-electron chi connectivity index (χ3n) is 2.30. The number of hydrogen-bond donors (Lipinski definition) is 2. The molecule has 4 nitrogen and oxygen atoms in total. The summed E-state index contributed by atoms with van der Waals surface area (Å²) < 4.78 is 0. The van der Waals surface area contributed by atoms with Gasteiger partial charge in [0.05, 0.1) is 0 Å². The Kier molecular flexibility index (Phi) is 4.16. The van der Waals surface area contributed by atoms with Crippen LogP contribution < -0.4 is 10.6 Å². The smallest absolute Gasteiger partial charge is 0.309 e. The number of carbonyl (C=O) groups excluding carboxylic acids is 2. The van der Waals surface area contributed by atoms with E-state index in [1.807, 2.05) is 0 Å². The van der Waals surface area contributed by atoms with Crippen LogP contribution in [-0.4, -0.2) is 24.4 Å². The van der Waals surface area contributed by atoms with Crippen molar-refractivity contribution in [2.75, 3.05) is 6.54 Å². The van der Waals surface area contributed by atoms with E-state index >= 15 is 0 Å². The van der Waals surface area contributed by atoms with E-state index in [2.05, 4.69) is 17.2 Å². The van der Waals surface area contributed by atoms with Gasteiger partial charge in [-0.2, -0.15) is 0 Å². The molecule has 1 aliphatic carbocycles. The van der Waals surface area contributed by atoms with Crippen LogP contribution in [0.5, 0.6) is 0 Å². The van der Waals surface area contributed by atoms with Gasteiger partial charge in [0.2, 0.25) is 0 Å². The zero-order chi connectivity index (χ0) is 10.4. The molecule has 0 aliphatic heterocycles. The van der Waals surface area contributed by atoms with E-state index in [9.17, 15) is 9.59 Å². The Morgan fingerprint density at radius 3 is 2.50 bits per heavy atom. The van der Waals surface area contributed by atoms with Gasteiger partial charge in [0, 0.05) is 12.6 Å². The summed E-state index contributed by atoms with van der Waals surface area (Å²) in [6, 6.07) is 0.192. The summed E-state index contributed by atoms with van der Waals surface area (Å²) in [6.07, 6.45) is 5.79. The molecule has 1 rings (SSSR count). The van der Waals surface area contributed by atoms with Crippen LogP contribution in [0.4, 0.5) is 0 Å². The van der Waals surface area contributed by atoms with E-state index in [1.54, 1.807) is 6.08 Å². The lowest BCUT2D eigenvalue weighted by atomic mass is 10.2. The maximum absolute atomic E-state index is 11.2. The zero-order valence-corrected chi connectivity index (χ0v) is 8.21. The minimum atomic E-state index is -0.572. The largest absolute Gasteiger partial charge is 0.345 e. The van der Waals surface area contributed by atoms with Crippen LogP contribution in [0.2, 0.25) is 0 Å². The number of carbonyl (C=O) groups is 2. The predicted molar refractivity (Wildman–Crippen MR) is 53.6 cm³/mol. The molecular weight excluding hydrogens is 180 g/mol. The van der Waals surface area contributed by atoms with Gasteiger partial charge in [-0.15, -0.1) is 6.58 Å². The maximum Gasteiger partial charge on any atom is 0.309 e. The monoisotopic (exact) mass is 196 g/mol. The Bertz CT molecular complexity index is 232. The second-order valence-corrected chi connectivity index (χ2v) is 3.45. The first-order valence-corrected chi connectivity index (χ1v) is 4.93. The van der Waals surface area contributed by atoms with E-state index in [0.29, 0.717) is 6.54 Å². The molecule has 1 saturated carbocycles. The Morgan fingerprint density at radius 2 is 1.93 bits per heavy atom. The molecular formula is C10H16N2O2. The van der Waals surface area contributed by atoms with Crippen LogP contribution in [0.25, 0.3) is 0 Å². The molecule has 0 spiro atoms. The number of amides is 2. The van der Waals surface area contributed by atoms with Gasteiger partial charge in [0.25, 0.3) is 0 Å². The van der Waals surface area contributed by atoms with Crippen molar-refractivity contribution in [3.63, 3.8) is 0 Å². The van der Waals surface area contributed by atoms with Gasteiger partial charge >= 0.3 is 11.8 Å². The molecule has 0 bridgehead atoms. The van der Waals surface area contributed by atoms with E-state index in [4.69, 9.17) is 0 Å². The summed E-state index contributed by atoms with van der Waals surface area (Å²) in [4.78, 5) is 22.4. The van der Waals surface area contributed by atoms with Crippen LogP contribution in [-0.2, 0) is 9.59 Å². The highest BCUT2D eigenvalue weighted by atomic mass is 16.2. The molecule has 78 valence electrons. The van der Waals surface area contributed by atoms with Gasteiger partial charge in [-0.1, -0.05) is 18.9 Å². The highest BCUT2D eigenvalue weighted by molar-refractivity contribution is 6.35. The number of hydrogen-bond acceptors (Lipinski definition) is 2. The first kappa shape index (κ1) is 10.8. The highest BCUT2D eigenvalue weighted by Crippen LogP contribution is 2.17. The van der Waals surface area contributed by atoms with Crippen molar-refractivity contribution in [1.82, 2.24) is 10.6 Å². The molecule has 0 heterocycles. The van der Waals surface area contributed by atoms with Gasteiger partial charge in [-0.25, -0.2) is 0 Å². The van der Waals surface area contributed by atoms with Crippen molar-refractivity contribution in [2.45, 2.75) is 31.7 Å². The van der Waals surface area contributed by atoms with E-state index in [0.717, 1.165) is 25.7 Å². The summed E-state index contributed by atoms with van der Waals surface area (Å²) >= 11 is 0. The molecule has 2 N–H and O–H groups in total. The predicted octanol–water partition coefficient (Wildman–Crippen LogP) is 0.347. The first-order valence-electron chi connectivity index (χ1n) is 4.93. The molecule has 4 heteroatoms. The van der Waals surface area contributed by atoms with Crippen molar-refractivity contribution in [3.8, 4) is 0 Å². The lowest BCUT2D eigenvalue weighted by Gasteiger charge is -2.10. The lowest BCUT2D eigenvalue weighted by molar-refractivity contribution is -0.139. The van der Waals surface area contributed by atoms with E-state index in [1.165, 1.54) is 0 Å². The average Bonchev–Trinajstić information content (AvgIpc) is 2.66. The Balaban J connectivity index is 2.25. The molecule has 0 aromatic rings. The summed E-state index contributed by atoms with van der Waals surface area (Å²) in [5.41, 5.74) is 0. The summed E-state index contributed by atoms with van der Waals surface area (Å²) in [5, 5.41) is 5.14. The molecule has 1 aliphatic rings. The fraction of sp³-hybridized carbons (Fsp3) is 0.600. The summed E-state index contributed by atoms with van der Waals surface area (Å²) in [5.74, 6) is -1.10. The van der Waals surface area contributed by atoms with Crippen molar-refractivity contribution in [2.24, 2.45) is 0 Å². The average molecular weight is 196 g/mol. The topological polar surface area (TPSA) is 58.2 Å². The van der Waals surface area contributed by atoms with Gasteiger partial charge in [0.15, 0.2) is 0 Å². The van der Waals surface area contributed by atoms with Gasteiger partial charge in [0.1, 0.15) is 0 Å². The fourth-order valence-electron chi connectivity index (χ4n) is 1.57. The van der Waals surface area contributed by atoms with Crippen LogP contribution >= 0.6 is 0 Å². The molecule has 0 aromatic carbocycles. The van der Waals surface area contributed by atoms with Crippen LogP contribution in [0.3, 0.4) is 0 Å². The second-order valence-electron chi connectivity index (χ2n) is 3.45.